The predicted molar refractivity (Wildman–Crippen MR) is 155 cm³/mol. The lowest BCUT2D eigenvalue weighted by atomic mass is 9.73. The van der Waals surface area contributed by atoms with Crippen LogP contribution in [-0.4, -0.2) is 52.7 Å². The van der Waals surface area contributed by atoms with Gasteiger partial charge in [0, 0.05) is 28.7 Å². The second-order valence-corrected chi connectivity index (χ2v) is 12.7. The van der Waals surface area contributed by atoms with Crippen LogP contribution in [0, 0.1) is 29.5 Å². The second kappa shape index (κ2) is 10.9. The van der Waals surface area contributed by atoms with Crippen molar-refractivity contribution in [2.24, 2.45) is 23.7 Å². The number of halogens is 1. The van der Waals surface area contributed by atoms with E-state index in [1.165, 1.54) is 11.0 Å². The minimum atomic E-state index is -1.30. The Morgan fingerprint density at radius 2 is 1.93 bits per heavy atom. The molecule has 2 aromatic rings. The molecular weight excluding hydrogens is 541 g/mol. The first-order chi connectivity index (χ1) is 19.7. The molecule has 1 aliphatic carbocycles. The number of hydrogen-bond donors (Lipinski definition) is 2. The first-order valence-corrected chi connectivity index (χ1v) is 15.6. The van der Waals surface area contributed by atoms with Gasteiger partial charge >= 0.3 is 0 Å². The number of nitrogens with one attached hydrogen (secondary N) is 2. The van der Waals surface area contributed by atoms with Crippen molar-refractivity contribution in [1.82, 2.24) is 10.2 Å². The van der Waals surface area contributed by atoms with E-state index in [0.29, 0.717) is 17.2 Å². The number of likely N-dealkylation sites (tertiary alicyclic amines) is 1. The summed E-state index contributed by atoms with van der Waals surface area (Å²) in [5, 5.41) is 6.21. The number of fused-ring (bicyclic) bond motifs is 1. The van der Waals surface area contributed by atoms with Crippen molar-refractivity contribution < 1.29 is 23.5 Å². The summed E-state index contributed by atoms with van der Waals surface area (Å²) in [5.74, 6) is -2.44. The van der Waals surface area contributed by atoms with Gasteiger partial charge in [-0.3, -0.25) is 14.4 Å². The van der Waals surface area contributed by atoms with Gasteiger partial charge in [-0.05, 0) is 48.8 Å². The molecule has 0 aromatic heterocycles. The zero-order chi connectivity index (χ0) is 28.9. The van der Waals surface area contributed by atoms with Gasteiger partial charge < -0.3 is 20.3 Å². The first-order valence-electron chi connectivity index (χ1n) is 14.4. The van der Waals surface area contributed by atoms with Crippen LogP contribution in [0.1, 0.15) is 38.7 Å². The van der Waals surface area contributed by atoms with Gasteiger partial charge in [-0.25, -0.2) is 4.39 Å². The zero-order valence-electron chi connectivity index (χ0n) is 23.5. The Hall–Kier alpha value is -3.17. The van der Waals surface area contributed by atoms with Crippen LogP contribution in [0.15, 0.2) is 65.6 Å². The number of anilines is 1. The fourth-order valence-corrected chi connectivity index (χ4v) is 7.68. The number of nitrogens with zero attached hydrogens (tertiary/aromatic N) is 1. The van der Waals surface area contributed by atoms with E-state index in [-0.39, 0.29) is 36.2 Å². The standard InChI is InChI=1S/C32H36FN3O4S/c1-18-8-6-13-24(19(18)2)35-30(38)28-32-15-14-25(40-32)26(29(37)34-21-10-7-11-22(16-21)41-3)27(32)31(39)36(28)17-20-9-4-5-12-23(20)33/h4-5,7,9-12,14-16,18-19,24-28H,6,8,13,17H2,1-3H3,(H,34,37)(H,35,38)/t18-,19+,24+,25-,26+,27-,28-,32-/m0/s1. The number of carbonyl (C=O) groups excluding carboxylic acids is 3. The molecule has 2 saturated heterocycles. The molecule has 1 spiro atoms. The van der Waals surface area contributed by atoms with Crippen molar-refractivity contribution >= 4 is 35.2 Å². The summed E-state index contributed by atoms with van der Waals surface area (Å²) in [6, 6.07) is 12.7. The highest BCUT2D eigenvalue weighted by Crippen LogP contribution is 2.55. The topological polar surface area (TPSA) is 87.7 Å². The third-order valence-electron chi connectivity index (χ3n) is 9.60. The number of hydrogen-bond acceptors (Lipinski definition) is 5. The number of benzene rings is 2. The van der Waals surface area contributed by atoms with E-state index >= 15 is 0 Å². The fourth-order valence-electron chi connectivity index (χ4n) is 7.22. The zero-order valence-corrected chi connectivity index (χ0v) is 24.3. The lowest BCUT2D eigenvalue weighted by molar-refractivity contribution is -0.142. The number of rotatable bonds is 7. The Bertz CT molecular complexity index is 1400. The van der Waals surface area contributed by atoms with Gasteiger partial charge in [0.05, 0.1) is 17.9 Å². The molecule has 0 unspecified atom stereocenters. The molecule has 4 aliphatic rings. The molecule has 9 heteroatoms. The summed E-state index contributed by atoms with van der Waals surface area (Å²) in [6.07, 6.45) is 7.91. The summed E-state index contributed by atoms with van der Waals surface area (Å²) in [5.41, 5.74) is -0.363. The molecule has 3 aliphatic heterocycles. The highest BCUT2D eigenvalue weighted by atomic mass is 32.2. The van der Waals surface area contributed by atoms with Crippen LogP contribution < -0.4 is 10.6 Å². The van der Waals surface area contributed by atoms with Crippen molar-refractivity contribution in [3.8, 4) is 0 Å². The molecule has 1 saturated carbocycles. The van der Waals surface area contributed by atoms with Crippen molar-refractivity contribution in [3.63, 3.8) is 0 Å². The maximum absolute atomic E-state index is 14.8. The number of thioether (sulfide) groups is 1. The number of ether oxygens (including phenoxy) is 1. The molecule has 2 bridgehead atoms. The normalized spacial score (nSPS) is 33.6. The maximum atomic E-state index is 14.8. The van der Waals surface area contributed by atoms with Crippen molar-refractivity contribution in [2.75, 3.05) is 11.6 Å². The summed E-state index contributed by atoms with van der Waals surface area (Å²) in [7, 11) is 0. The van der Waals surface area contributed by atoms with E-state index in [9.17, 15) is 18.8 Å². The SMILES string of the molecule is CSc1cccc(NC(=O)[C@@H]2[C@@H]3C=C[C@]4(O3)[C@@H]2C(=O)N(Cc2ccccc2F)[C@H]4C(=O)N[C@@H]2CCC[C@H](C)[C@H]2C)c1. The summed E-state index contributed by atoms with van der Waals surface area (Å²) < 4.78 is 21.2. The average Bonchev–Trinajstić information content (AvgIpc) is 3.60. The van der Waals surface area contributed by atoms with Gasteiger partial charge in [0.25, 0.3) is 0 Å². The van der Waals surface area contributed by atoms with Crippen LogP contribution >= 0.6 is 11.8 Å². The van der Waals surface area contributed by atoms with Crippen LogP contribution in [0.25, 0.3) is 0 Å². The van der Waals surface area contributed by atoms with E-state index in [0.717, 1.165) is 24.2 Å². The van der Waals surface area contributed by atoms with Gasteiger partial charge in [0.15, 0.2) is 0 Å². The molecule has 2 aromatic carbocycles. The van der Waals surface area contributed by atoms with Gasteiger partial charge in [-0.2, -0.15) is 0 Å². The van der Waals surface area contributed by atoms with E-state index in [4.69, 9.17) is 4.74 Å². The fraction of sp³-hybridized carbons (Fsp3) is 0.469. The highest BCUT2D eigenvalue weighted by molar-refractivity contribution is 7.98. The monoisotopic (exact) mass is 577 g/mol. The lowest BCUT2D eigenvalue weighted by Gasteiger charge is -2.38. The number of amides is 3. The lowest BCUT2D eigenvalue weighted by Crippen LogP contribution is -2.57. The van der Waals surface area contributed by atoms with E-state index < -0.39 is 35.4 Å². The highest BCUT2D eigenvalue weighted by Gasteiger charge is 2.72. The Morgan fingerprint density at radius 1 is 1.12 bits per heavy atom. The Morgan fingerprint density at radius 3 is 2.71 bits per heavy atom. The van der Waals surface area contributed by atoms with Crippen LogP contribution in [0.4, 0.5) is 10.1 Å². The second-order valence-electron chi connectivity index (χ2n) is 11.9. The summed E-state index contributed by atoms with van der Waals surface area (Å²) >= 11 is 1.57. The van der Waals surface area contributed by atoms with Gasteiger partial charge in [-0.1, -0.05) is 63.1 Å². The van der Waals surface area contributed by atoms with Crippen LogP contribution in [0.5, 0.6) is 0 Å². The molecule has 41 heavy (non-hydrogen) atoms. The minimum absolute atomic E-state index is 0.0301. The maximum Gasteiger partial charge on any atom is 0.246 e. The smallest absolute Gasteiger partial charge is 0.246 e. The molecule has 3 fully saturated rings. The van der Waals surface area contributed by atoms with E-state index in [1.807, 2.05) is 24.5 Å². The molecule has 6 rings (SSSR count). The van der Waals surface area contributed by atoms with Crippen molar-refractivity contribution in [1.29, 1.82) is 0 Å². The van der Waals surface area contributed by atoms with Gasteiger partial charge in [0.2, 0.25) is 17.7 Å². The Balaban J connectivity index is 1.33. The third kappa shape index (κ3) is 4.77. The van der Waals surface area contributed by atoms with Crippen LogP contribution in [0.3, 0.4) is 0 Å². The predicted octanol–water partition coefficient (Wildman–Crippen LogP) is 4.78. The molecule has 0 radical (unpaired) electrons. The quantitative estimate of drug-likeness (QED) is 0.366. The molecule has 216 valence electrons. The minimum Gasteiger partial charge on any atom is -0.359 e. The summed E-state index contributed by atoms with van der Waals surface area (Å²) in [4.78, 5) is 44.5. The Kier molecular flexibility index (Phi) is 7.44. The molecule has 7 nitrogen and oxygen atoms in total. The van der Waals surface area contributed by atoms with Crippen LogP contribution in [-0.2, 0) is 25.7 Å². The number of carbonyl (C=O) groups is 3. The van der Waals surface area contributed by atoms with Gasteiger partial charge in [0.1, 0.15) is 17.5 Å². The van der Waals surface area contributed by atoms with Crippen LogP contribution in [0.2, 0.25) is 0 Å². The van der Waals surface area contributed by atoms with Crippen molar-refractivity contribution in [2.45, 2.75) is 68.3 Å². The van der Waals surface area contributed by atoms with E-state index in [1.54, 1.807) is 48.2 Å². The Labute approximate surface area is 244 Å². The largest absolute Gasteiger partial charge is 0.359 e. The first kappa shape index (κ1) is 28.0. The third-order valence-corrected chi connectivity index (χ3v) is 10.3. The molecule has 8 atom stereocenters. The molecule has 3 amide bonds. The van der Waals surface area contributed by atoms with Gasteiger partial charge in [-0.15, -0.1) is 11.8 Å². The van der Waals surface area contributed by atoms with E-state index in [2.05, 4.69) is 24.5 Å². The average molecular weight is 578 g/mol. The molecule has 3 heterocycles. The molecular formula is C32H36FN3O4S. The molecule has 2 N–H and O–H groups in total. The summed E-state index contributed by atoms with van der Waals surface area (Å²) in [6.45, 7) is 4.25. The van der Waals surface area contributed by atoms with Crippen molar-refractivity contribution in [3.05, 3.63) is 72.1 Å².